The monoisotopic (exact) mass is 461 g/mol. The summed E-state index contributed by atoms with van der Waals surface area (Å²) in [4.78, 5) is 26.1. The quantitative estimate of drug-likeness (QED) is 0.647. The van der Waals surface area contributed by atoms with Gasteiger partial charge in [-0.2, -0.15) is 4.98 Å². The molecule has 1 amide bonds. The number of hydrogen-bond acceptors (Lipinski definition) is 8. The summed E-state index contributed by atoms with van der Waals surface area (Å²) in [5.41, 5.74) is 1.34. The van der Waals surface area contributed by atoms with E-state index < -0.39 is 0 Å². The number of aliphatic hydroxyl groups excluding tert-OH is 1. The van der Waals surface area contributed by atoms with Crippen molar-refractivity contribution >= 4 is 29.3 Å². The predicted molar refractivity (Wildman–Crippen MR) is 122 cm³/mol. The number of amides is 1. The minimum atomic E-state index is -0.129. The van der Waals surface area contributed by atoms with Gasteiger partial charge in [-0.25, -0.2) is 4.98 Å². The van der Waals surface area contributed by atoms with Crippen LogP contribution >= 0.6 is 11.6 Å². The molecule has 2 saturated heterocycles. The lowest BCUT2D eigenvalue weighted by Gasteiger charge is -2.28. The molecule has 0 aliphatic carbocycles. The van der Waals surface area contributed by atoms with Crippen LogP contribution in [0, 0.1) is 0 Å². The number of methoxy groups -OCH3 is 1. The fraction of sp³-hybridized carbons (Fsp3) is 0.500. The Kier molecular flexibility index (Phi) is 7.29. The predicted octanol–water partition coefficient (Wildman–Crippen LogP) is 2.18. The van der Waals surface area contributed by atoms with E-state index in [2.05, 4.69) is 10.3 Å². The number of morpholine rings is 1. The van der Waals surface area contributed by atoms with E-state index in [1.54, 1.807) is 24.3 Å². The van der Waals surface area contributed by atoms with Crippen molar-refractivity contribution in [2.24, 2.45) is 0 Å². The first-order valence-corrected chi connectivity index (χ1v) is 11.2. The van der Waals surface area contributed by atoms with Crippen LogP contribution in [-0.4, -0.2) is 78.5 Å². The number of ether oxygens (including phenoxy) is 2. The minimum absolute atomic E-state index is 0.0101. The highest BCUT2D eigenvalue weighted by atomic mass is 35.5. The van der Waals surface area contributed by atoms with Crippen LogP contribution in [0.1, 0.15) is 28.8 Å². The highest BCUT2D eigenvalue weighted by Gasteiger charge is 2.28. The van der Waals surface area contributed by atoms with E-state index >= 15 is 0 Å². The Bertz CT molecular complexity index is 954. The van der Waals surface area contributed by atoms with Crippen molar-refractivity contribution < 1.29 is 19.4 Å². The third-order valence-electron chi connectivity index (χ3n) is 5.83. The standard InChI is InChI=1S/C22H28ClN5O4/c1-31-19-5-4-15(11-18(19)23)12-24-20-17(21(30)27-7-9-32-10-8-27)13-25-22(26-20)28-6-2-3-16(28)14-29/h4-5,11,13,16,29H,2-3,6-10,12,14H2,1H3,(H,24,25,26)/t16-/m0/s1. The molecular weight excluding hydrogens is 434 g/mol. The third kappa shape index (κ3) is 4.90. The summed E-state index contributed by atoms with van der Waals surface area (Å²) in [6.45, 7) is 3.35. The van der Waals surface area contributed by atoms with Crippen LogP contribution in [0.25, 0.3) is 0 Å². The number of aliphatic hydroxyl groups is 1. The van der Waals surface area contributed by atoms with Crippen LogP contribution in [0.5, 0.6) is 5.75 Å². The van der Waals surface area contributed by atoms with Gasteiger partial charge in [-0.15, -0.1) is 0 Å². The van der Waals surface area contributed by atoms with Gasteiger partial charge in [-0.05, 0) is 30.5 Å². The van der Waals surface area contributed by atoms with E-state index in [0.29, 0.717) is 60.9 Å². The Labute approximate surface area is 192 Å². The zero-order valence-corrected chi connectivity index (χ0v) is 18.8. The summed E-state index contributed by atoms with van der Waals surface area (Å²) >= 11 is 6.26. The molecule has 10 heteroatoms. The summed E-state index contributed by atoms with van der Waals surface area (Å²) in [5.74, 6) is 1.44. The lowest BCUT2D eigenvalue weighted by atomic mass is 10.2. The SMILES string of the molecule is COc1ccc(CNc2nc(N3CCC[C@H]3CO)ncc2C(=O)N2CCOCC2)cc1Cl. The molecule has 1 atom stereocenters. The second-order valence-corrected chi connectivity index (χ2v) is 8.24. The largest absolute Gasteiger partial charge is 0.495 e. The number of carbonyl (C=O) groups is 1. The first-order valence-electron chi connectivity index (χ1n) is 10.8. The summed E-state index contributed by atoms with van der Waals surface area (Å²) in [5, 5.41) is 13.5. The summed E-state index contributed by atoms with van der Waals surface area (Å²) in [6.07, 6.45) is 3.44. The van der Waals surface area contributed by atoms with E-state index in [1.807, 2.05) is 17.0 Å². The summed E-state index contributed by atoms with van der Waals surface area (Å²) in [6, 6.07) is 5.52. The Morgan fingerprint density at radius 3 is 2.88 bits per heavy atom. The number of aromatic nitrogens is 2. The second-order valence-electron chi connectivity index (χ2n) is 7.83. The molecule has 0 saturated carbocycles. The molecule has 1 aromatic carbocycles. The van der Waals surface area contributed by atoms with Crippen LogP contribution in [-0.2, 0) is 11.3 Å². The molecule has 2 aliphatic heterocycles. The maximum atomic E-state index is 13.2. The van der Waals surface area contributed by atoms with Crippen molar-refractivity contribution in [2.75, 3.05) is 56.8 Å². The normalized spacial score (nSPS) is 18.7. The maximum Gasteiger partial charge on any atom is 0.259 e. The Balaban J connectivity index is 1.60. The van der Waals surface area contributed by atoms with Gasteiger partial charge < -0.3 is 29.7 Å². The molecule has 2 N–H and O–H groups in total. The summed E-state index contributed by atoms with van der Waals surface area (Å²) < 4.78 is 10.6. The van der Waals surface area contributed by atoms with Gasteiger partial charge in [0.15, 0.2) is 0 Å². The van der Waals surface area contributed by atoms with E-state index in [-0.39, 0.29) is 18.6 Å². The third-order valence-corrected chi connectivity index (χ3v) is 6.12. The first kappa shape index (κ1) is 22.6. The van der Waals surface area contributed by atoms with Gasteiger partial charge in [0.1, 0.15) is 17.1 Å². The van der Waals surface area contributed by atoms with Gasteiger partial charge >= 0.3 is 0 Å². The van der Waals surface area contributed by atoms with Crippen LogP contribution in [0.2, 0.25) is 5.02 Å². The Morgan fingerprint density at radius 1 is 1.34 bits per heavy atom. The van der Waals surface area contributed by atoms with Crippen molar-refractivity contribution in [1.29, 1.82) is 0 Å². The van der Waals surface area contributed by atoms with Gasteiger partial charge in [0.2, 0.25) is 5.95 Å². The lowest BCUT2D eigenvalue weighted by Crippen LogP contribution is -2.41. The van der Waals surface area contributed by atoms with Crippen LogP contribution < -0.4 is 15.0 Å². The molecule has 4 rings (SSSR count). The zero-order chi connectivity index (χ0) is 22.5. The average Bonchev–Trinajstić information content (AvgIpc) is 3.32. The topological polar surface area (TPSA) is 100 Å². The fourth-order valence-electron chi connectivity index (χ4n) is 4.03. The zero-order valence-electron chi connectivity index (χ0n) is 18.1. The maximum absolute atomic E-state index is 13.2. The van der Waals surface area contributed by atoms with Gasteiger partial charge in [-0.1, -0.05) is 17.7 Å². The number of rotatable bonds is 7. The van der Waals surface area contributed by atoms with E-state index in [4.69, 9.17) is 26.1 Å². The molecule has 2 aliphatic rings. The van der Waals surface area contributed by atoms with Crippen molar-refractivity contribution in [1.82, 2.24) is 14.9 Å². The van der Waals surface area contributed by atoms with Crippen LogP contribution in [0.15, 0.2) is 24.4 Å². The molecule has 0 unspecified atom stereocenters. The average molecular weight is 462 g/mol. The molecule has 3 heterocycles. The van der Waals surface area contributed by atoms with Crippen molar-refractivity contribution in [3.8, 4) is 5.75 Å². The van der Waals surface area contributed by atoms with Gasteiger partial charge in [0.05, 0.1) is 38.0 Å². The molecule has 0 bridgehead atoms. The number of carbonyl (C=O) groups excluding carboxylic acids is 1. The van der Waals surface area contributed by atoms with Gasteiger partial charge in [0.25, 0.3) is 5.91 Å². The Morgan fingerprint density at radius 2 is 2.16 bits per heavy atom. The summed E-state index contributed by atoms with van der Waals surface area (Å²) in [7, 11) is 1.57. The number of nitrogens with zero attached hydrogens (tertiary/aromatic N) is 4. The highest BCUT2D eigenvalue weighted by Crippen LogP contribution is 2.27. The molecule has 2 fully saturated rings. The van der Waals surface area contributed by atoms with Crippen molar-refractivity contribution in [2.45, 2.75) is 25.4 Å². The highest BCUT2D eigenvalue weighted by molar-refractivity contribution is 6.32. The number of hydrogen-bond donors (Lipinski definition) is 2. The number of anilines is 2. The Hall–Kier alpha value is -2.62. The number of halogens is 1. The van der Waals surface area contributed by atoms with Crippen molar-refractivity contribution in [3.63, 3.8) is 0 Å². The van der Waals surface area contributed by atoms with Crippen LogP contribution in [0.4, 0.5) is 11.8 Å². The van der Waals surface area contributed by atoms with E-state index in [0.717, 1.165) is 24.9 Å². The smallest absolute Gasteiger partial charge is 0.259 e. The minimum Gasteiger partial charge on any atom is -0.495 e. The fourth-order valence-corrected chi connectivity index (χ4v) is 4.31. The lowest BCUT2D eigenvalue weighted by molar-refractivity contribution is 0.0303. The van der Waals surface area contributed by atoms with Gasteiger partial charge in [-0.3, -0.25) is 4.79 Å². The molecule has 2 aromatic rings. The molecular formula is C22H28ClN5O4. The first-order chi connectivity index (χ1) is 15.6. The molecule has 0 spiro atoms. The molecule has 1 aromatic heterocycles. The molecule has 0 radical (unpaired) electrons. The second kappa shape index (κ2) is 10.3. The molecule has 172 valence electrons. The molecule has 9 nitrogen and oxygen atoms in total. The van der Waals surface area contributed by atoms with E-state index in [1.165, 1.54) is 0 Å². The number of nitrogens with one attached hydrogen (secondary N) is 1. The van der Waals surface area contributed by atoms with Crippen LogP contribution in [0.3, 0.4) is 0 Å². The van der Waals surface area contributed by atoms with E-state index in [9.17, 15) is 9.90 Å². The van der Waals surface area contributed by atoms with Gasteiger partial charge in [0, 0.05) is 32.4 Å². The molecule has 32 heavy (non-hydrogen) atoms. The van der Waals surface area contributed by atoms with Crippen molar-refractivity contribution in [3.05, 3.63) is 40.5 Å². The number of benzene rings is 1.